The molecule has 0 saturated heterocycles. The molecule has 0 saturated carbocycles. The van der Waals surface area contributed by atoms with E-state index in [0.717, 1.165) is 11.8 Å². The maximum atomic E-state index is 13.7. The number of halogens is 2. The zero-order valence-electron chi connectivity index (χ0n) is 11.0. The summed E-state index contributed by atoms with van der Waals surface area (Å²) in [5.41, 5.74) is 1.13. The Morgan fingerprint density at radius 3 is 2.90 bits per heavy atom. The average Bonchev–Trinajstić information content (AvgIpc) is 2.71. The fraction of sp³-hybridized carbons (Fsp3) is 0.333. The van der Waals surface area contributed by atoms with Gasteiger partial charge in [-0.1, -0.05) is 11.8 Å². The van der Waals surface area contributed by atoms with E-state index in [1.165, 1.54) is 6.07 Å². The van der Waals surface area contributed by atoms with Gasteiger partial charge in [-0.3, -0.25) is 9.00 Å². The van der Waals surface area contributed by atoms with Crippen molar-refractivity contribution in [3.8, 4) is 0 Å². The first-order chi connectivity index (χ1) is 9.88. The summed E-state index contributed by atoms with van der Waals surface area (Å²) >= 11 is 4.16. The maximum absolute atomic E-state index is 13.7. The van der Waals surface area contributed by atoms with Crippen LogP contribution in [0.4, 0.5) is 4.39 Å². The number of fused-ring (bicyclic) bond motifs is 1. The molecule has 1 aromatic carbocycles. The zero-order valence-corrected chi connectivity index (χ0v) is 14.2. The molecule has 0 amide bonds. The van der Waals surface area contributed by atoms with E-state index in [1.807, 2.05) is 0 Å². The normalized spacial score (nSPS) is 12.7. The Labute approximate surface area is 135 Å². The highest BCUT2D eigenvalue weighted by Gasteiger charge is 2.15. The van der Waals surface area contributed by atoms with Crippen molar-refractivity contribution in [2.75, 3.05) is 17.8 Å². The summed E-state index contributed by atoms with van der Waals surface area (Å²) in [7, 11) is -1.00. The minimum atomic E-state index is -1.00. The van der Waals surface area contributed by atoms with Gasteiger partial charge in [-0.05, 0) is 22.0 Å². The SMILES string of the molecule is CS(=O)CCn1c(SCC(=O)O)nc2cc(Br)c(F)cc21. The molecule has 0 fully saturated rings. The van der Waals surface area contributed by atoms with Crippen molar-refractivity contribution in [2.24, 2.45) is 0 Å². The van der Waals surface area contributed by atoms with Gasteiger partial charge in [-0.15, -0.1) is 0 Å². The molecule has 9 heteroatoms. The van der Waals surface area contributed by atoms with Crippen molar-refractivity contribution in [2.45, 2.75) is 11.7 Å². The Balaban J connectivity index is 2.46. The highest BCUT2D eigenvalue weighted by atomic mass is 79.9. The third kappa shape index (κ3) is 4.04. The van der Waals surface area contributed by atoms with Crippen LogP contribution in [0, 0.1) is 5.82 Å². The van der Waals surface area contributed by atoms with Crippen LogP contribution in [-0.4, -0.2) is 42.6 Å². The van der Waals surface area contributed by atoms with Gasteiger partial charge in [0, 0.05) is 35.4 Å². The molecule has 5 nitrogen and oxygen atoms in total. The smallest absolute Gasteiger partial charge is 0.313 e. The van der Waals surface area contributed by atoms with Gasteiger partial charge in [0.15, 0.2) is 5.16 Å². The van der Waals surface area contributed by atoms with Gasteiger partial charge in [0.25, 0.3) is 0 Å². The zero-order chi connectivity index (χ0) is 15.6. The summed E-state index contributed by atoms with van der Waals surface area (Å²) < 4.78 is 27.0. The highest BCUT2D eigenvalue weighted by Crippen LogP contribution is 2.28. The van der Waals surface area contributed by atoms with Crippen molar-refractivity contribution >= 4 is 55.5 Å². The summed E-state index contributed by atoms with van der Waals surface area (Å²) in [6.07, 6.45) is 1.58. The van der Waals surface area contributed by atoms with Crippen molar-refractivity contribution in [3.05, 3.63) is 22.4 Å². The molecule has 0 aliphatic rings. The molecule has 21 heavy (non-hydrogen) atoms. The van der Waals surface area contributed by atoms with Gasteiger partial charge >= 0.3 is 5.97 Å². The molecular weight excluding hydrogens is 383 g/mol. The fourth-order valence-corrected chi connectivity index (χ4v) is 3.30. The predicted octanol–water partition coefficient (Wildman–Crippen LogP) is 2.49. The molecule has 1 unspecified atom stereocenters. The van der Waals surface area contributed by atoms with Crippen LogP contribution in [0.15, 0.2) is 21.8 Å². The van der Waals surface area contributed by atoms with E-state index < -0.39 is 22.6 Å². The van der Waals surface area contributed by atoms with Crippen LogP contribution in [-0.2, 0) is 22.1 Å². The van der Waals surface area contributed by atoms with Crippen LogP contribution in [0.2, 0.25) is 0 Å². The van der Waals surface area contributed by atoms with Crippen molar-refractivity contribution in [1.82, 2.24) is 9.55 Å². The Morgan fingerprint density at radius 2 is 2.29 bits per heavy atom. The molecule has 1 N–H and O–H groups in total. The van der Waals surface area contributed by atoms with E-state index in [4.69, 9.17) is 5.11 Å². The minimum absolute atomic E-state index is 0.137. The van der Waals surface area contributed by atoms with E-state index in [2.05, 4.69) is 20.9 Å². The average molecular weight is 395 g/mol. The van der Waals surface area contributed by atoms with Gasteiger partial charge in [-0.2, -0.15) is 0 Å². The number of hydrogen-bond acceptors (Lipinski definition) is 4. The second-order valence-electron chi connectivity index (χ2n) is 4.26. The number of hydrogen-bond donors (Lipinski definition) is 1. The summed E-state index contributed by atoms with van der Waals surface area (Å²) in [4.78, 5) is 15.0. The molecule has 2 aromatic rings. The Morgan fingerprint density at radius 1 is 1.57 bits per heavy atom. The quantitative estimate of drug-likeness (QED) is 0.761. The van der Waals surface area contributed by atoms with Gasteiger partial charge in [0.1, 0.15) is 5.82 Å². The van der Waals surface area contributed by atoms with Crippen LogP contribution in [0.25, 0.3) is 11.0 Å². The fourth-order valence-electron chi connectivity index (χ4n) is 1.77. The Bertz CT molecular complexity index is 720. The lowest BCUT2D eigenvalue weighted by molar-refractivity contribution is -0.133. The van der Waals surface area contributed by atoms with Crippen LogP contribution in [0.3, 0.4) is 0 Å². The number of nitrogens with zero attached hydrogens (tertiary/aromatic N) is 2. The lowest BCUT2D eigenvalue weighted by atomic mass is 10.3. The minimum Gasteiger partial charge on any atom is -0.481 e. The molecule has 1 aromatic heterocycles. The third-order valence-electron chi connectivity index (χ3n) is 2.68. The highest BCUT2D eigenvalue weighted by molar-refractivity contribution is 9.10. The summed E-state index contributed by atoms with van der Waals surface area (Å²) in [6.45, 7) is 0.392. The first kappa shape index (κ1) is 16.4. The molecule has 0 aliphatic carbocycles. The van der Waals surface area contributed by atoms with Gasteiger partial charge < -0.3 is 9.67 Å². The lowest BCUT2D eigenvalue weighted by Gasteiger charge is -2.07. The molecular formula is C12H12BrFN2O3S2. The van der Waals surface area contributed by atoms with Crippen LogP contribution in [0.1, 0.15) is 0 Å². The van der Waals surface area contributed by atoms with Crippen LogP contribution < -0.4 is 0 Å². The molecule has 0 radical (unpaired) electrons. The van der Waals surface area contributed by atoms with Crippen LogP contribution >= 0.6 is 27.7 Å². The topological polar surface area (TPSA) is 72.2 Å². The first-order valence-corrected chi connectivity index (χ1v) is 9.39. The molecule has 2 rings (SSSR count). The number of carbonyl (C=O) groups is 1. The summed E-state index contributed by atoms with van der Waals surface area (Å²) in [5, 5.41) is 9.25. The van der Waals surface area contributed by atoms with Crippen molar-refractivity contribution in [3.63, 3.8) is 0 Å². The Kier molecular flexibility index (Phi) is 5.39. The first-order valence-electron chi connectivity index (χ1n) is 5.88. The monoisotopic (exact) mass is 394 g/mol. The number of aromatic nitrogens is 2. The van der Waals surface area contributed by atoms with E-state index in [9.17, 15) is 13.4 Å². The van der Waals surface area contributed by atoms with Gasteiger partial charge in [0.2, 0.25) is 0 Å². The Hall–Kier alpha value is -0.930. The molecule has 114 valence electrons. The van der Waals surface area contributed by atoms with Crippen LogP contribution in [0.5, 0.6) is 0 Å². The predicted molar refractivity (Wildman–Crippen MR) is 84.7 cm³/mol. The van der Waals surface area contributed by atoms with E-state index in [-0.39, 0.29) is 5.75 Å². The molecule has 0 spiro atoms. The number of thioether (sulfide) groups is 1. The summed E-state index contributed by atoms with van der Waals surface area (Å²) in [5.74, 6) is -1.12. The number of carboxylic acids is 1. The third-order valence-corrected chi connectivity index (χ3v) is 5.01. The summed E-state index contributed by atoms with van der Waals surface area (Å²) in [6, 6.07) is 2.89. The number of benzene rings is 1. The lowest BCUT2D eigenvalue weighted by Crippen LogP contribution is -2.09. The second-order valence-corrected chi connectivity index (χ2v) is 7.61. The van der Waals surface area contributed by atoms with E-state index >= 15 is 0 Å². The van der Waals surface area contributed by atoms with Gasteiger partial charge in [0.05, 0.1) is 21.3 Å². The molecule has 1 heterocycles. The number of rotatable bonds is 6. The molecule has 1 atom stereocenters. The van der Waals surface area contributed by atoms with E-state index in [1.54, 1.807) is 16.9 Å². The molecule has 0 bridgehead atoms. The number of aryl methyl sites for hydroxylation is 1. The number of carboxylic acid groups (broad SMARTS) is 1. The molecule has 0 aliphatic heterocycles. The second kappa shape index (κ2) is 6.89. The number of aliphatic carboxylic acids is 1. The standard InChI is InChI=1S/C12H12BrFN2O3S2/c1-21(19)3-2-16-10-5-8(14)7(13)4-9(10)15-12(16)20-6-11(17)18/h4-5H,2-3,6H2,1H3,(H,17,18). The van der Waals surface area contributed by atoms with Crippen molar-refractivity contribution in [1.29, 1.82) is 0 Å². The number of imidazole rings is 1. The van der Waals surface area contributed by atoms with Crippen molar-refractivity contribution < 1.29 is 18.5 Å². The van der Waals surface area contributed by atoms with E-state index in [0.29, 0.717) is 33.0 Å². The van der Waals surface area contributed by atoms with Gasteiger partial charge in [-0.25, -0.2) is 9.37 Å². The maximum Gasteiger partial charge on any atom is 0.313 e. The largest absolute Gasteiger partial charge is 0.481 e.